The van der Waals surface area contributed by atoms with Crippen molar-refractivity contribution in [3.63, 3.8) is 0 Å². The summed E-state index contributed by atoms with van der Waals surface area (Å²) in [5.74, 6) is -1.45. The Morgan fingerprint density at radius 2 is 2.10 bits per heavy atom. The summed E-state index contributed by atoms with van der Waals surface area (Å²) in [4.78, 5) is 24.9. The minimum atomic E-state index is -0.874. The molecule has 0 saturated carbocycles. The summed E-state index contributed by atoms with van der Waals surface area (Å²) in [5.41, 5.74) is -0.306. The van der Waals surface area contributed by atoms with Gasteiger partial charge in [-0.3, -0.25) is 4.79 Å². The van der Waals surface area contributed by atoms with E-state index in [-0.39, 0.29) is 24.1 Å². The van der Waals surface area contributed by atoms with E-state index in [1.165, 1.54) is 0 Å². The van der Waals surface area contributed by atoms with Gasteiger partial charge < -0.3 is 20.1 Å². The van der Waals surface area contributed by atoms with E-state index >= 15 is 0 Å². The maximum Gasteiger partial charge on any atom is 0.317 e. The second-order valence-corrected chi connectivity index (χ2v) is 6.05. The van der Waals surface area contributed by atoms with Gasteiger partial charge in [-0.05, 0) is 25.7 Å². The number of piperidine rings is 1. The van der Waals surface area contributed by atoms with Crippen molar-refractivity contribution in [1.29, 1.82) is 0 Å². The summed E-state index contributed by atoms with van der Waals surface area (Å²) >= 11 is 0. The van der Waals surface area contributed by atoms with E-state index in [9.17, 15) is 9.59 Å². The third-order valence-electron chi connectivity index (χ3n) is 4.03. The molecular formula is C14H26N2O4. The van der Waals surface area contributed by atoms with Crippen molar-refractivity contribution in [2.75, 3.05) is 26.7 Å². The van der Waals surface area contributed by atoms with Crippen LogP contribution in [0.5, 0.6) is 0 Å². The molecule has 0 aromatic rings. The predicted octanol–water partition coefficient (Wildman–Crippen LogP) is 1.55. The lowest BCUT2D eigenvalue weighted by Crippen LogP contribution is -2.53. The smallest absolute Gasteiger partial charge is 0.317 e. The Labute approximate surface area is 120 Å². The van der Waals surface area contributed by atoms with Crippen LogP contribution >= 0.6 is 0 Å². The molecule has 1 aliphatic rings. The summed E-state index contributed by atoms with van der Waals surface area (Å²) in [7, 11) is 1.65. The number of aliphatic carboxylic acids is 1. The number of nitrogens with one attached hydrogen (secondary N) is 1. The van der Waals surface area contributed by atoms with Gasteiger partial charge >= 0.3 is 12.0 Å². The molecule has 0 aromatic carbocycles. The average Bonchev–Trinajstić information content (AvgIpc) is 2.38. The van der Waals surface area contributed by atoms with Crippen LogP contribution in [0.2, 0.25) is 0 Å². The monoisotopic (exact) mass is 286 g/mol. The van der Waals surface area contributed by atoms with E-state index < -0.39 is 11.9 Å². The third kappa shape index (κ3) is 4.37. The highest BCUT2D eigenvalue weighted by atomic mass is 16.5. The fourth-order valence-corrected chi connectivity index (χ4v) is 2.46. The SMILES string of the molecule is COC1(C)CCCN(C(=O)NCC(C(=O)O)C(C)C)C1. The first-order chi connectivity index (χ1) is 9.29. The lowest BCUT2D eigenvalue weighted by Gasteiger charge is -2.39. The maximum absolute atomic E-state index is 12.1. The van der Waals surface area contributed by atoms with Gasteiger partial charge in [-0.1, -0.05) is 13.8 Å². The van der Waals surface area contributed by atoms with Crippen LogP contribution in [0, 0.1) is 11.8 Å². The molecule has 2 amide bonds. The Bertz CT molecular complexity index is 359. The molecule has 0 spiro atoms. The number of nitrogens with zero attached hydrogens (tertiary/aromatic N) is 1. The van der Waals surface area contributed by atoms with Crippen LogP contribution in [0.3, 0.4) is 0 Å². The number of hydrogen-bond acceptors (Lipinski definition) is 3. The molecule has 116 valence electrons. The number of rotatable bonds is 5. The lowest BCUT2D eigenvalue weighted by atomic mass is 9.95. The molecule has 1 heterocycles. The van der Waals surface area contributed by atoms with Crippen molar-refractivity contribution in [2.24, 2.45) is 11.8 Å². The normalized spacial score (nSPS) is 24.6. The van der Waals surface area contributed by atoms with Crippen LogP contribution in [-0.4, -0.2) is 54.4 Å². The van der Waals surface area contributed by atoms with E-state index in [0.717, 1.165) is 12.8 Å². The molecule has 0 radical (unpaired) electrons. The van der Waals surface area contributed by atoms with Crippen LogP contribution in [-0.2, 0) is 9.53 Å². The molecule has 0 aliphatic carbocycles. The number of urea groups is 1. The fraction of sp³-hybridized carbons (Fsp3) is 0.857. The number of amides is 2. The topological polar surface area (TPSA) is 78.9 Å². The molecular weight excluding hydrogens is 260 g/mol. The van der Waals surface area contributed by atoms with Gasteiger partial charge in [0.1, 0.15) is 0 Å². The predicted molar refractivity (Wildman–Crippen MR) is 75.6 cm³/mol. The van der Waals surface area contributed by atoms with Gasteiger partial charge in [0, 0.05) is 20.2 Å². The number of methoxy groups -OCH3 is 1. The Hall–Kier alpha value is -1.30. The Morgan fingerprint density at radius 1 is 1.45 bits per heavy atom. The summed E-state index contributed by atoms with van der Waals surface area (Å²) in [5, 5.41) is 11.8. The van der Waals surface area contributed by atoms with Gasteiger partial charge in [-0.2, -0.15) is 0 Å². The first kappa shape index (κ1) is 16.8. The molecule has 1 rings (SSSR count). The molecule has 2 unspecified atom stereocenters. The lowest BCUT2D eigenvalue weighted by molar-refractivity contribution is -0.142. The van der Waals surface area contributed by atoms with E-state index in [1.807, 2.05) is 20.8 Å². The highest BCUT2D eigenvalue weighted by Crippen LogP contribution is 2.23. The number of hydrogen-bond donors (Lipinski definition) is 2. The van der Waals surface area contributed by atoms with Crippen molar-refractivity contribution in [3.8, 4) is 0 Å². The van der Waals surface area contributed by atoms with Crippen LogP contribution in [0.15, 0.2) is 0 Å². The van der Waals surface area contributed by atoms with Gasteiger partial charge in [0.15, 0.2) is 0 Å². The quantitative estimate of drug-likeness (QED) is 0.804. The molecule has 1 fully saturated rings. The van der Waals surface area contributed by atoms with Crippen molar-refractivity contribution in [1.82, 2.24) is 10.2 Å². The van der Waals surface area contributed by atoms with Crippen LogP contribution in [0.25, 0.3) is 0 Å². The number of ether oxygens (including phenoxy) is 1. The highest BCUT2D eigenvalue weighted by Gasteiger charge is 2.33. The number of likely N-dealkylation sites (tertiary alicyclic amines) is 1. The Morgan fingerprint density at radius 3 is 2.60 bits per heavy atom. The van der Waals surface area contributed by atoms with Crippen LogP contribution < -0.4 is 5.32 Å². The van der Waals surface area contributed by atoms with Crippen molar-refractivity contribution in [3.05, 3.63) is 0 Å². The van der Waals surface area contributed by atoms with E-state index in [2.05, 4.69) is 5.32 Å². The fourth-order valence-electron chi connectivity index (χ4n) is 2.46. The molecule has 1 saturated heterocycles. The van der Waals surface area contributed by atoms with Crippen molar-refractivity contribution in [2.45, 2.75) is 39.2 Å². The Balaban J connectivity index is 2.52. The zero-order valence-corrected chi connectivity index (χ0v) is 12.8. The minimum Gasteiger partial charge on any atom is -0.481 e. The molecule has 0 bridgehead atoms. The number of carboxylic acids is 1. The third-order valence-corrected chi connectivity index (χ3v) is 4.03. The number of carbonyl (C=O) groups excluding carboxylic acids is 1. The maximum atomic E-state index is 12.1. The van der Waals surface area contributed by atoms with Gasteiger partial charge in [-0.25, -0.2) is 4.79 Å². The molecule has 2 atom stereocenters. The largest absolute Gasteiger partial charge is 0.481 e. The van der Waals surface area contributed by atoms with Gasteiger partial charge in [0.2, 0.25) is 0 Å². The number of carboxylic acid groups (broad SMARTS) is 1. The van der Waals surface area contributed by atoms with Crippen molar-refractivity contribution < 1.29 is 19.4 Å². The second kappa shape index (κ2) is 6.92. The Kier molecular flexibility index (Phi) is 5.80. The highest BCUT2D eigenvalue weighted by molar-refractivity contribution is 5.76. The summed E-state index contributed by atoms with van der Waals surface area (Å²) < 4.78 is 5.45. The summed E-state index contributed by atoms with van der Waals surface area (Å²) in [6.45, 7) is 7.05. The number of carbonyl (C=O) groups is 2. The van der Waals surface area contributed by atoms with Gasteiger partial charge in [0.05, 0.1) is 18.1 Å². The van der Waals surface area contributed by atoms with E-state index in [4.69, 9.17) is 9.84 Å². The zero-order chi connectivity index (χ0) is 15.3. The van der Waals surface area contributed by atoms with Crippen LogP contribution in [0.1, 0.15) is 33.6 Å². The van der Waals surface area contributed by atoms with Gasteiger partial charge in [0.25, 0.3) is 0 Å². The first-order valence-corrected chi connectivity index (χ1v) is 7.10. The van der Waals surface area contributed by atoms with Crippen LogP contribution in [0.4, 0.5) is 4.79 Å². The standard InChI is InChI=1S/C14H26N2O4/c1-10(2)11(12(17)18)8-15-13(19)16-7-5-6-14(3,9-16)20-4/h10-11H,5-9H2,1-4H3,(H,15,19)(H,17,18). The second-order valence-electron chi connectivity index (χ2n) is 6.05. The first-order valence-electron chi connectivity index (χ1n) is 7.10. The minimum absolute atomic E-state index is 0.0154. The molecule has 0 aromatic heterocycles. The molecule has 2 N–H and O–H groups in total. The summed E-state index contributed by atoms with van der Waals surface area (Å²) in [6, 6.07) is -0.208. The zero-order valence-electron chi connectivity index (χ0n) is 12.8. The van der Waals surface area contributed by atoms with Gasteiger partial charge in [-0.15, -0.1) is 0 Å². The molecule has 6 nitrogen and oxygen atoms in total. The van der Waals surface area contributed by atoms with E-state index in [0.29, 0.717) is 13.1 Å². The molecule has 6 heteroatoms. The average molecular weight is 286 g/mol. The van der Waals surface area contributed by atoms with E-state index in [1.54, 1.807) is 12.0 Å². The molecule has 20 heavy (non-hydrogen) atoms. The summed E-state index contributed by atoms with van der Waals surface area (Å²) in [6.07, 6.45) is 1.82. The van der Waals surface area contributed by atoms with Crippen molar-refractivity contribution >= 4 is 12.0 Å². The molecule has 1 aliphatic heterocycles.